The van der Waals surface area contributed by atoms with Crippen molar-refractivity contribution in [3.05, 3.63) is 22.4 Å². The average molecular weight is 254 g/mol. The lowest BCUT2D eigenvalue weighted by Gasteiger charge is -2.25. The standard InChI is InChI=1S/C12H18N2O2S/c1-10(11-4-3-9-17-11)13(2)5-6-14-7-8-16-12(14)15/h3-4,9-10H,5-8H2,1-2H3. The van der Waals surface area contributed by atoms with Gasteiger partial charge in [0.15, 0.2) is 0 Å². The van der Waals surface area contributed by atoms with E-state index >= 15 is 0 Å². The summed E-state index contributed by atoms with van der Waals surface area (Å²) in [5, 5.41) is 2.09. The van der Waals surface area contributed by atoms with Crippen LogP contribution in [0, 0.1) is 0 Å². The summed E-state index contributed by atoms with van der Waals surface area (Å²) in [4.78, 5) is 16.7. The lowest BCUT2D eigenvalue weighted by atomic mass is 10.2. The van der Waals surface area contributed by atoms with E-state index in [9.17, 15) is 4.79 Å². The van der Waals surface area contributed by atoms with Crippen LogP contribution in [-0.2, 0) is 4.74 Å². The number of nitrogens with zero attached hydrogens (tertiary/aromatic N) is 2. The molecule has 1 aromatic rings. The van der Waals surface area contributed by atoms with E-state index in [1.807, 2.05) is 0 Å². The minimum absolute atomic E-state index is 0.179. The quantitative estimate of drug-likeness (QED) is 0.807. The summed E-state index contributed by atoms with van der Waals surface area (Å²) in [7, 11) is 2.09. The highest BCUT2D eigenvalue weighted by Crippen LogP contribution is 2.23. The summed E-state index contributed by atoms with van der Waals surface area (Å²) in [6, 6.07) is 4.62. The molecule has 2 rings (SSSR count). The molecule has 1 unspecified atom stereocenters. The Morgan fingerprint density at radius 1 is 1.65 bits per heavy atom. The van der Waals surface area contributed by atoms with Crippen molar-refractivity contribution < 1.29 is 9.53 Å². The van der Waals surface area contributed by atoms with Crippen molar-refractivity contribution in [3.63, 3.8) is 0 Å². The van der Waals surface area contributed by atoms with Crippen LogP contribution < -0.4 is 0 Å². The largest absolute Gasteiger partial charge is 0.448 e. The first kappa shape index (κ1) is 12.4. The van der Waals surface area contributed by atoms with Crippen molar-refractivity contribution in [2.45, 2.75) is 13.0 Å². The SMILES string of the molecule is CC(c1cccs1)N(C)CCN1CCOC1=O. The molecule has 5 heteroatoms. The van der Waals surface area contributed by atoms with E-state index in [-0.39, 0.29) is 6.09 Å². The van der Waals surface area contributed by atoms with Crippen LogP contribution in [0.3, 0.4) is 0 Å². The molecule has 1 aliphatic rings. The van der Waals surface area contributed by atoms with Crippen LogP contribution in [0.4, 0.5) is 4.79 Å². The number of carbonyl (C=O) groups is 1. The number of hydrogen-bond donors (Lipinski definition) is 0. The van der Waals surface area contributed by atoms with Gasteiger partial charge in [0.1, 0.15) is 6.61 Å². The molecule has 1 aromatic heterocycles. The fourth-order valence-electron chi connectivity index (χ4n) is 1.85. The van der Waals surface area contributed by atoms with Gasteiger partial charge in [-0.1, -0.05) is 6.07 Å². The normalized spacial score (nSPS) is 17.6. The van der Waals surface area contributed by atoms with Gasteiger partial charge in [-0.2, -0.15) is 0 Å². The van der Waals surface area contributed by atoms with Crippen molar-refractivity contribution in [3.8, 4) is 0 Å². The summed E-state index contributed by atoms with van der Waals surface area (Å²) in [6.07, 6.45) is -0.179. The molecule has 0 bridgehead atoms. The maximum Gasteiger partial charge on any atom is 0.409 e. The van der Waals surface area contributed by atoms with Crippen LogP contribution >= 0.6 is 11.3 Å². The molecule has 0 aliphatic carbocycles. The number of carbonyl (C=O) groups excluding carboxylic acids is 1. The predicted octanol–water partition coefficient (Wildman–Crippen LogP) is 2.19. The van der Waals surface area contributed by atoms with E-state index in [0.29, 0.717) is 12.6 Å². The van der Waals surface area contributed by atoms with Gasteiger partial charge >= 0.3 is 6.09 Å². The molecule has 0 aromatic carbocycles. The molecule has 1 amide bonds. The molecule has 0 N–H and O–H groups in total. The van der Waals surface area contributed by atoms with Crippen molar-refractivity contribution >= 4 is 17.4 Å². The Kier molecular flexibility index (Phi) is 4.02. The highest BCUT2D eigenvalue weighted by Gasteiger charge is 2.22. The van der Waals surface area contributed by atoms with Gasteiger partial charge in [-0.3, -0.25) is 4.90 Å². The van der Waals surface area contributed by atoms with E-state index in [1.54, 1.807) is 16.2 Å². The lowest BCUT2D eigenvalue weighted by Crippen LogP contribution is -2.34. The van der Waals surface area contributed by atoms with Gasteiger partial charge in [0.05, 0.1) is 6.54 Å². The Morgan fingerprint density at radius 2 is 2.47 bits per heavy atom. The van der Waals surface area contributed by atoms with Crippen molar-refractivity contribution in [1.82, 2.24) is 9.80 Å². The van der Waals surface area contributed by atoms with Gasteiger partial charge in [0.2, 0.25) is 0 Å². The second kappa shape index (κ2) is 5.51. The molecule has 1 aliphatic heterocycles. The first-order valence-corrected chi connectivity index (χ1v) is 6.72. The van der Waals surface area contributed by atoms with E-state index in [1.165, 1.54) is 4.88 Å². The molecule has 1 saturated heterocycles. The van der Waals surface area contributed by atoms with Gasteiger partial charge in [0.25, 0.3) is 0 Å². The van der Waals surface area contributed by atoms with Crippen molar-refractivity contribution in [1.29, 1.82) is 0 Å². The molecule has 94 valence electrons. The summed E-state index contributed by atoms with van der Waals surface area (Å²) >= 11 is 1.77. The molecule has 1 fully saturated rings. The van der Waals surface area contributed by atoms with Crippen LogP contribution in [-0.4, -0.2) is 49.2 Å². The molecule has 0 radical (unpaired) electrons. The monoisotopic (exact) mass is 254 g/mol. The number of ether oxygens (including phenoxy) is 1. The molecule has 0 saturated carbocycles. The maximum atomic E-state index is 11.3. The number of amides is 1. The van der Waals surface area contributed by atoms with Gasteiger partial charge in [-0.25, -0.2) is 4.79 Å². The number of likely N-dealkylation sites (N-methyl/N-ethyl adjacent to an activating group) is 1. The fraction of sp³-hybridized carbons (Fsp3) is 0.583. The molecule has 2 heterocycles. The minimum Gasteiger partial charge on any atom is -0.448 e. The molecular weight excluding hydrogens is 236 g/mol. The summed E-state index contributed by atoms with van der Waals surface area (Å²) < 4.78 is 4.90. The third kappa shape index (κ3) is 2.98. The molecule has 17 heavy (non-hydrogen) atoms. The van der Waals surface area contributed by atoms with Gasteiger partial charge < -0.3 is 9.64 Å². The third-order valence-electron chi connectivity index (χ3n) is 3.18. The van der Waals surface area contributed by atoms with Gasteiger partial charge in [-0.05, 0) is 25.4 Å². The first-order chi connectivity index (χ1) is 8.18. The average Bonchev–Trinajstić information content (AvgIpc) is 2.96. The zero-order valence-electron chi connectivity index (χ0n) is 10.3. The number of thiophene rings is 1. The fourth-order valence-corrected chi connectivity index (χ4v) is 2.70. The number of rotatable bonds is 5. The number of cyclic esters (lactones) is 1. The van der Waals surface area contributed by atoms with E-state index in [0.717, 1.165) is 19.6 Å². The van der Waals surface area contributed by atoms with E-state index in [2.05, 4.69) is 36.4 Å². The zero-order valence-corrected chi connectivity index (χ0v) is 11.1. The Balaban J connectivity index is 1.81. The zero-order chi connectivity index (χ0) is 12.3. The summed E-state index contributed by atoms with van der Waals surface area (Å²) in [5.41, 5.74) is 0. The minimum atomic E-state index is -0.179. The smallest absolute Gasteiger partial charge is 0.409 e. The molecule has 0 spiro atoms. The molecular formula is C12H18N2O2S. The van der Waals surface area contributed by atoms with Crippen LogP contribution in [0.2, 0.25) is 0 Å². The molecule has 1 atom stereocenters. The second-order valence-corrected chi connectivity index (χ2v) is 5.25. The predicted molar refractivity (Wildman–Crippen MR) is 68.3 cm³/mol. The second-order valence-electron chi connectivity index (χ2n) is 4.27. The topological polar surface area (TPSA) is 32.8 Å². The van der Waals surface area contributed by atoms with E-state index < -0.39 is 0 Å². The highest BCUT2D eigenvalue weighted by molar-refractivity contribution is 7.10. The van der Waals surface area contributed by atoms with Crippen LogP contribution in [0.15, 0.2) is 17.5 Å². The van der Waals surface area contributed by atoms with Crippen molar-refractivity contribution in [2.75, 3.05) is 33.3 Å². The number of hydrogen-bond acceptors (Lipinski definition) is 4. The Morgan fingerprint density at radius 3 is 3.06 bits per heavy atom. The Bertz CT molecular complexity index is 367. The highest BCUT2D eigenvalue weighted by atomic mass is 32.1. The van der Waals surface area contributed by atoms with Crippen LogP contribution in [0.5, 0.6) is 0 Å². The third-order valence-corrected chi connectivity index (χ3v) is 4.23. The van der Waals surface area contributed by atoms with Gasteiger partial charge in [-0.15, -0.1) is 11.3 Å². The summed E-state index contributed by atoms with van der Waals surface area (Å²) in [5.74, 6) is 0. The lowest BCUT2D eigenvalue weighted by molar-refractivity contribution is 0.152. The van der Waals surface area contributed by atoms with Gasteiger partial charge in [0, 0.05) is 24.0 Å². The van der Waals surface area contributed by atoms with E-state index in [4.69, 9.17) is 4.74 Å². The van der Waals surface area contributed by atoms with Crippen molar-refractivity contribution in [2.24, 2.45) is 0 Å². The maximum absolute atomic E-state index is 11.3. The molecule has 4 nitrogen and oxygen atoms in total. The summed E-state index contributed by atoms with van der Waals surface area (Å²) in [6.45, 7) is 5.05. The first-order valence-electron chi connectivity index (χ1n) is 5.84. The Hall–Kier alpha value is -1.07. The van der Waals surface area contributed by atoms with Crippen LogP contribution in [0.25, 0.3) is 0 Å². The van der Waals surface area contributed by atoms with Crippen LogP contribution in [0.1, 0.15) is 17.8 Å². The Labute approximate surface area is 106 Å².